The molecule has 0 bridgehead atoms. The van der Waals surface area contributed by atoms with E-state index in [2.05, 4.69) is 20.0 Å². The lowest BCUT2D eigenvalue weighted by atomic mass is 10.1. The summed E-state index contributed by atoms with van der Waals surface area (Å²) in [6, 6.07) is 0. The number of carbonyl (C=O) groups is 2. The summed E-state index contributed by atoms with van der Waals surface area (Å²) in [6.07, 6.45) is 0. The summed E-state index contributed by atoms with van der Waals surface area (Å²) >= 11 is 0. The molecule has 72 valence electrons. The molecule has 1 heterocycles. The molecular formula is C7H10N2O4. The van der Waals surface area contributed by atoms with Crippen molar-refractivity contribution in [3.05, 3.63) is 0 Å². The van der Waals surface area contributed by atoms with Crippen LogP contribution in [0.25, 0.3) is 0 Å². The van der Waals surface area contributed by atoms with Gasteiger partial charge in [0.05, 0.1) is 20.8 Å². The van der Waals surface area contributed by atoms with Crippen LogP contribution in [-0.4, -0.2) is 38.4 Å². The van der Waals surface area contributed by atoms with Gasteiger partial charge in [0.15, 0.2) is 5.71 Å². The minimum Gasteiger partial charge on any atom is -0.468 e. The molecule has 0 aromatic carbocycles. The molecule has 13 heavy (non-hydrogen) atoms. The van der Waals surface area contributed by atoms with Crippen molar-refractivity contribution in [3.8, 4) is 0 Å². The van der Waals surface area contributed by atoms with Crippen LogP contribution in [0.15, 0.2) is 5.10 Å². The fourth-order valence-electron chi connectivity index (χ4n) is 1.03. The maximum Gasteiger partial charge on any atom is 0.355 e. The first kappa shape index (κ1) is 9.50. The highest BCUT2D eigenvalue weighted by Gasteiger charge is 2.34. The smallest absolute Gasteiger partial charge is 0.355 e. The molecule has 0 saturated heterocycles. The summed E-state index contributed by atoms with van der Waals surface area (Å²) in [4.78, 5) is 22.1. The maximum atomic E-state index is 11.1. The quantitative estimate of drug-likeness (QED) is 0.554. The van der Waals surface area contributed by atoms with Crippen LogP contribution in [0, 0.1) is 5.92 Å². The fourth-order valence-corrected chi connectivity index (χ4v) is 1.03. The Labute approximate surface area is 74.9 Å². The van der Waals surface area contributed by atoms with Gasteiger partial charge in [-0.25, -0.2) is 4.79 Å². The minimum atomic E-state index is -0.655. The summed E-state index contributed by atoms with van der Waals surface area (Å²) in [5.41, 5.74) is 2.60. The lowest BCUT2D eigenvalue weighted by molar-refractivity contribution is -0.144. The summed E-state index contributed by atoms with van der Waals surface area (Å²) in [6.45, 7) is 0.275. The highest BCUT2D eigenvalue weighted by Crippen LogP contribution is 2.08. The summed E-state index contributed by atoms with van der Waals surface area (Å²) in [5.74, 6) is -1.76. The van der Waals surface area contributed by atoms with Crippen molar-refractivity contribution < 1.29 is 19.1 Å². The van der Waals surface area contributed by atoms with Gasteiger partial charge >= 0.3 is 11.9 Å². The molecule has 0 spiro atoms. The molecule has 1 atom stereocenters. The molecule has 0 amide bonds. The number of carbonyl (C=O) groups excluding carboxylic acids is 2. The van der Waals surface area contributed by atoms with Crippen molar-refractivity contribution in [1.82, 2.24) is 5.43 Å². The molecular weight excluding hydrogens is 176 g/mol. The van der Waals surface area contributed by atoms with E-state index < -0.39 is 17.9 Å². The summed E-state index contributed by atoms with van der Waals surface area (Å²) in [7, 11) is 2.49. The second-order valence-electron chi connectivity index (χ2n) is 2.43. The second kappa shape index (κ2) is 3.88. The SMILES string of the molecule is COC(=O)C1=NNCC1C(=O)OC. The third-order valence-corrected chi connectivity index (χ3v) is 1.71. The van der Waals surface area contributed by atoms with Crippen LogP contribution in [0.4, 0.5) is 0 Å². The van der Waals surface area contributed by atoms with Crippen molar-refractivity contribution in [2.24, 2.45) is 11.0 Å². The maximum absolute atomic E-state index is 11.1. The zero-order valence-corrected chi connectivity index (χ0v) is 7.36. The summed E-state index contributed by atoms with van der Waals surface area (Å²) < 4.78 is 8.93. The molecule has 1 aliphatic heterocycles. The second-order valence-corrected chi connectivity index (χ2v) is 2.43. The van der Waals surface area contributed by atoms with E-state index in [0.29, 0.717) is 0 Å². The van der Waals surface area contributed by atoms with Crippen LogP contribution in [0.2, 0.25) is 0 Å². The Balaban J connectivity index is 2.73. The van der Waals surface area contributed by atoms with Gasteiger partial charge in [-0.05, 0) is 0 Å². The van der Waals surface area contributed by atoms with Crippen molar-refractivity contribution >= 4 is 17.7 Å². The van der Waals surface area contributed by atoms with Gasteiger partial charge in [0.2, 0.25) is 0 Å². The van der Waals surface area contributed by atoms with Gasteiger partial charge in [-0.15, -0.1) is 0 Å². The van der Waals surface area contributed by atoms with Gasteiger partial charge in [-0.3, -0.25) is 4.79 Å². The van der Waals surface area contributed by atoms with Gasteiger partial charge in [0.1, 0.15) is 5.92 Å². The number of hydrogen-bond donors (Lipinski definition) is 1. The number of hydrazone groups is 1. The first-order valence-electron chi connectivity index (χ1n) is 3.67. The number of nitrogens with one attached hydrogen (secondary N) is 1. The molecule has 1 N–H and O–H groups in total. The van der Waals surface area contributed by atoms with Crippen LogP contribution in [0.1, 0.15) is 0 Å². The average Bonchev–Trinajstić information content (AvgIpc) is 2.63. The predicted octanol–water partition coefficient (Wildman–Crippen LogP) is -1.09. The topological polar surface area (TPSA) is 77.0 Å². The van der Waals surface area contributed by atoms with Gasteiger partial charge in [-0.1, -0.05) is 0 Å². The highest BCUT2D eigenvalue weighted by atomic mass is 16.5. The first-order valence-corrected chi connectivity index (χ1v) is 3.67. The lowest BCUT2D eigenvalue weighted by Gasteiger charge is -2.06. The normalized spacial score (nSPS) is 20.2. The van der Waals surface area contributed by atoms with Crippen molar-refractivity contribution in [3.63, 3.8) is 0 Å². The zero-order valence-electron chi connectivity index (χ0n) is 7.36. The zero-order chi connectivity index (χ0) is 9.84. The summed E-state index contributed by atoms with van der Waals surface area (Å²) in [5, 5.41) is 3.65. The Morgan fingerprint density at radius 1 is 1.46 bits per heavy atom. The van der Waals surface area contributed by atoms with E-state index in [1.165, 1.54) is 14.2 Å². The predicted molar refractivity (Wildman–Crippen MR) is 43.0 cm³/mol. The number of hydrogen-bond acceptors (Lipinski definition) is 6. The van der Waals surface area contributed by atoms with Crippen molar-refractivity contribution in [1.29, 1.82) is 0 Å². The first-order chi connectivity index (χ1) is 6.20. The van der Waals surface area contributed by atoms with E-state index in [1.54, 1.807) is 0 Å². The van der Waals surface area contributed by atoms with Crippen LogP contribution in [0.5, 0.6) is 0 Å². The van der Waals surface area contributed by atoms with Crippen LogP contribution < -0.4 is 5.43 Å². The Morgan fingerprint density at radius 3 is 2.69 bits per heavy atom. The van der Waals surface area contributed by atoms with Gasteiger partial charge in [0, 0.05) is 0 Å². The number of rotatable bonds is 2. The molecule has 0 fully saturated rings. The Bertz CT molecular complexity index is 261. The van der Waals surface area contributed by atoms with Gasteiger partial charge < -0.3 is 14.9 Å². The number of nitrogens with zero attached hydrogens (tertiary/aromatic N) is 1. The van der Waals surface area contributed by atoms with E-state index >= 15 is 0 Å². The van der Waals surface area contributed by atoms with Crippen molar-refractivity contribution in [2.45, 2.75) is 0 Å². The fraction of sp³-hybridized carbons (Fsp3) is 0.571. The highest BCUT2D eigenvalue weighted by molar-refractivity contribution is 6.41. The minimum absolute atomic E-state index is 0.0642. The molecule has 0 aromatic rings. The Hall–Kier alpha value is -1.59. The largest absolute Gasteiger partial charge is 0.468 e. The lowest BCUT2D eigenvalue weighted by Crippen LogP contribution is -2.31. The average molecular weight is 186 g/mol. The van der Waals surface area contributed by atoms with E-state index in [9.17, 15) is 9.59 Å². The molecule has 6 heteroatoms. The number of ether oxygens (including phenoxy) is 2. The molecule has 0 aromatic heterocycles. The molecule has 1 unspecified atom stereocenters. The molecule has 0 saturated carbocycles. The van der Waals surface area contributed by atoms with Crippen LogP contribution >= 0.6 is 0 Å². The number of methoxy groups -OCH3 is 2. The van der Waals surface area contributed by atoms with Crippen LogP contribution in [-0.2, 0) is 19.1 Å². The third kappa shape index (κ3) is 1.77. The van der Waals surface area contributed by atoms with Crippen LogP contribution in [0.3, 0.4) is 0 Å². The number of esters is 2. The molecule has 1 rings (SSSR count). The molecule has 1 aliphatic rings. The molecule has 0 aliphatic carbocycles. The molecule has 6 nitrogen and oxygen atoms in total. The van der Waals surface area contributed by atoms with Crippen molar-refractivity contribution in [2.75, 3.05) is 20.8 Å². The van der Waals surface area contributed by atoms with E-state index in [0.717, 1.165) is 0 Å². The third-order valence-electron chi connectivity index (χ3n) is 1.71. The Morgan fingerprint density at radius 2 is 2.15 bits per heavy atom. The van der Waals surface area contributed by atoms with E-state index in [-0.39, 0.29) is 12.3 Å². The molecule has 0 radical (unpaired) electrons. The Kier molecular flexibility index (Phi) is 2.84. The van der Waals surface area contributed by atoms with Gasteiger partial charge in [0.25, 0.3) is 0 Å². The van der Waals surface area contributed by atoms with E-state index in [4.69, 9.17) is 0 Å². The van der Waals surface area contributed by atoms with E-state index in [1.807, 2.05) is 0 Å². The standard InChI is InChI=1S/C7H10N2O4/c1-12-6(10)4-3-8-9-5(4)7(11)13-2/h4,8H,3H2,1-2H3. The van der Waals surface area contributed by atoms with Gasteiger partial charge in [-0.2, -0.15) is 5.10 Å². The monoisotopic (exact) mass is 186 g/mol.